The van der Waals surface area contributed by atoms with Crippen LogP contribution in [-0.4, -0.2) is 18.1 Å². The summed E-state index contributed by atoms with van der Waals surface area (Å²) in [7, 11) is 0. The summed E-state index contributed by atoms with van der Waals surface area (Å²) >= 11 is 0. The van der Waals surface area contributed by atoms with E-state index in [0.29, 0.717) is 5.92 Å². The molecule has 116 valence electrons. The maximum Gasteiger partial charge on any atom is 0.0704 e. The monoisotopic (exact) mass is 294 g/mol. The lowest BCUT2D eigenvalue weighted by atomic mass is 9.73. The van der Waals surface area contributed by atoms with Gasteiger partial charge < -0.3 is 5.32 Å². The summed E-state index contributed by atoms with van der Waals surface area (Å²) in [4.78, 5) is 4.49. The van der Waals surface area contributed by atoms with E-state index in [2.05, 4.69) is 60.2 Å². The molecule has 1 saturated heterocycles. The molecular weight excluding hydrogens is 268 g/mol. The summed E-state index contributed by atoms with van der Waals surface area (Å²) in [6.45, 7) is 8.61. The third kappa shape index (κ3) is 3.07. The van der Waals surface area contributed by atoms with Gasteiger partial charge in [0.25, 0.3) is 0 Å². The van der Waals surface area contributed by atoms with E-state index in [0.717, 1.165) is 36.9 Å². The normalized spacial score (nSPS) is 23.3. The Morgan fingerprint density at radius 1 is 1.36 bits per heavy atom. The van der Waals surface area contributed by atoms with Crippen molar-refractivity contribution in [3.05, 3.63) is 54.7 Å². The van der Waals surface area contributed by atoms with Gasteiger partial charge in [0.1, 0.15) is 0 Å². The van der Waals surface area contributed by atoms with Crippen LogP contribution in [0.2, 0.25) is 0 Å². The number of para-hydroxylation sites is 1. The molecule has 1 aliphatic rings. The first-order chi connectivity index (χ1) is 10.8. The lowest BCUT2D eigenvalue weighted by Crippen LogP contribution is -2.39. The Kier molecular flexibility index (Phi) is 4.89. The lowest BCUT2D eigenvalue weighted by Gasteiger charge is -2.36. The van der Waals surface area contributed by atoms with Crippen LogP contribution in [0, 0.1) is 17.8 Å². The summed E-state index contributed by atoms with van der Waals surface area (Å²) in [5.41, 5.74) is 2.55. The molecule has 3 unspecified atom stereocenters. The van der Waals surface area contributed by atoms with E-state index >= 15 is 0 Å². The number of pyridine rings is 1. The number of aromatic nitrogens is 1. The second-order valence-corrected chi connectivity index (χ2v) is 6.42. The molecule has 0 aliphatic carbocycles. The van der Waals surface area contributed by atoms with Gasteiger partial charge in [0.05, 0.1) is 5.52 Å². The average Bonchev–Trinajstić information content (AvgIpc) is 2.59. The minimum Gasteiger partial charge on any atom is -0.316 e. The van der Waals surface area contributed by atoms with Gasteiger partial charge >= 0.3 is 0 Å². The van der Waals surface area contributed by atoms with Gasteiger partial charge in [-0.2, -0.15) is 0 Å². The Labute approximate surface area is 133 Å². The van der Waals surface area contributed by atoms with Gasteiger partial charge in [0, 0.05) is 18.1 Å². The Balaban J connectivity index is 1.86. The van der Waals surface area contributed by atoms with Gasteiger partial charge in [-0.05, 0) is 54.8 Å². The average molecular weight is 294 g/mol. The predicted molar refractivity (Wildman–Crippen MR) is 93.9 cm³/mol. The molecule has 3 rings (SSSR count). The fourth-order valence-corrected chi connectivity index (χ4v) is 3.96. The number of fused-ring (bicyclic) bond motifs is 1. The summed E-state index contributed by atoms with van der Waals surface area (Å²) in [5, 5.41) is 4.82. The molecule has 2 aromatic rings. The highest BCUT2D eigenvalue weighted by Crippen LogP contribution is 2.33. The van der Waals surface area contributed by atoms with E-state index in [1.54, 1.807) is 0 Å². The van der Waals surface area contributed by atoms with E-state index in [1.165, 1.54) is 23.8 Å². The van der Waals surface area contributed by atoms with Gasteiger partial charge in [0.15, 0.2) is 0 Å². The number of hydrogen-bond acceptors (Lipinski definition) is 2. The SMILES string of the molecule is C=CC1CNCCC1C(CC)Cc1ccnc2ccccc12. The third-order valence-electron chi connectivity index (χ3n) is 5.24. The molecular formula is C20H26N2. The van der Waals surface area contributed by atoms with Gasteiger partial charge in [-0.3, -0.25) is 4.98 Å². The number of rotatable bonds is 5. The Morgan fingerprint density at radius 3 is 3.05 bits per heavy atom. The molecule has 2 heteroatoms. The highest BCUT2D eigenvalue weighted by molar-refractivity contribution is 5.81. The maximum atomic E-state index is 4.49. The Morgan fingerprint density at radius 2 is 2.23 bits per heavy atom. The van der Waals surface area contributed by atoms with Crippen LogP contribution in [0.3, 0.4) is 0 Å². The zero-order valence-corrected chi connectivity index (χ0v) is 13.5. The van der Waals surface area contributed by atoms with Crippen molar-refractivity contribution in [2.24, 2.45) is 17.8 Å². The first kappa shape index (κ1) is 15.2. The van der Waals surface area contributed by atoms with Crippen molar-refractivity contribution in [2.45, 2.75) is 26.2 Å². The largest absolute Gasteiger partial charge is 0.316 e. The van der Waals surface area contributed by atoms with Crippen molar-refractivity contribution in [3.8, 4) is 0 Å². The fraction of sp³-hybridized carbons (Fsp3) is 0.450. The highest BCUT2D eigenvalue weighted by Gasteiger charge is 2.29. The number of hydrogen-bond donors (Lipinski definition) is 1. The van der Waals surface area contributed by atoms with Crippen LogP contribution >= 0.6 is 0 Å². The topological polar surface area (TPSA) is 24.9 Å². The van der Waals surface area contributed by atoms with Crippen molar-refractivity contribution in [2.75, 3.05) is 13.1 Å². The second-order valence-electron chi connectivity index (χ2n) is 6.42. The molecule has 0 bridgehead atoms. The Bertz CT molecular complexity index is 629. The van der Waals surface area contributed by atoms with E-state index < -0.39 is 0 Å². The second kappa shape index (κ2) is 7.06. The molecule has 1 aromatic heterocycles. The van der Waals surface area contributed by atoms with Gasteiger partial charge in [0.2, 0.25) is 0 Å². The van der Waals surface area contributed by atoms with E-state index in [1.807, 2.05) is 6.20 Å². The van der Waals surface area contributed by atoms with E-state index in [4.69, 9.17) is 0 Å². The van der Waals surface area contributed by atoms with Crippen LogP contribution in [0.4, 0.5) is 0 Å². The van der Waals surface area contributed by atoms with Crippen molar-refractivity contribution in [3.63, 3.8) is 0 Å². The van der Waals surface area contributed by atoms with E-state index in [9.17, 15) is 0 Å². The van der Waals surface area contributed by atoms with Crippen LogP contribution < -0.4 is 5.32 Å². The van der Waals surface area contributed by atoms with Crippen molar-refractivity contribution in [1.82, 2.24) is 10.3 Å². The molecule has 2 nitrogen and oxygen atoms in total. The zero-order valence-electron chi connectivity index (χ0n) is 13.5. The smallest absolute Gasteiger partial charge is 0.0704 e. The van der Waals surface area contributed by atoms with Gasteiger partial charge in [-0.25, -0.2) is 0 Å². The fourth-order valence-electron chi connectivity index (χ4n) is 3.96. The molecule has 2 heterocycles. The third-order valence-corrected chi connectivity index (χ3v) is 5.24. The van der Waals surface area contributed by atoms with E-state index in [-0.39, 0.29) is 0 Å². The molecule has 0 radical (unpaired) electrons. The summed E-state index contributed by atoms with van der Waals surface area (Å²) in [6.07, 6.45) is 7.75. The number of nitrogens with zero attached hydrogens (tertiary/aromatic N) is 1. The lowest BCUT2D eigenvalue weighted by molar-refractivity contribution is 0.201. The minimum absolute atomic E-state index is 0.604. The minimum atomic E-state index is 0.604. The van der Waals surface area contributed by atoms with Crippen LogP contribution in [0.15, 0.2) is 49.2 Å². The first-order valence-corrected chi connectivity index (χ1v) is 8.49. The highest BCUT2D eigenvalue weighted by atomic mass is 14.9. The standard InChI is InChI=1S/C20H26N2/c1-3-15(18-10-11-21-14-16(18)4-2)13-17-9-12-22-20-8-6-5-7-19(17)20/h4-9,12,15-16,18,21H,2-3,10-11,13-14H2,1H3. The van der Waals surface area contributed by atoms with Crippen LogP contribution in [0.1, 0.15) is 25.3 Å². The molecule has 1 fully saturated rings. The summed E-state index contributed by atoms with van der Waals surface area (Å²) in [6, 6.07) is 10.7. The molecule has 22 heavy (non-hydrogen) atoms. The van der Waals surface area contributed by atoms with Gasteiger partial charge in [-0.15, -0.1) is 6.58 Å². The molecule has 0 spiro atoms. The predicted octanol–water partition coefficient (Wildman–Crippen LogP) is 4.22. The van der Waals surface area contributed by atoms with Crippen molar-refractivity contribution in [1.29, 1.82) is 0 Å². The van der Waals surface area contributed by atoms with Crippen molar-refractivity contribution < 1.29 is 0 Å². The van der Waals surface area contributed by atoms with Crippen LogP contribution in [0.25, 0.3) is 10.9 Å². The molecule has 1 aromatic carbocycles. The number of piperidine rings is 1. The molecule has 1 aliphatic heterocycles. The van der Waals surface area contributed by atoms with Gasteiger partial charge in [-0.1, -0.05) is 37.6 Å². The summed E-state index contributed by atoms with van der Waals surface area (Å²) in [5.74, 6) is 2.07. The maximum absolute atomic E-state index is 4.49. The quantitative estimate of drug-likeness (QED) is 0.835. The molecule has 0 saturated carbocycles. The molecule has 3 atom stereocenters. The van der Waals surface area contributed by atoms with Crippen LogP contribution in [0.5, 0.6) is 0 Å². The Hall–Kier alpha value is -1.67. The first-order valence-electron chi connectivity index (χ1n) is 8.49. The summed E-state index contributed by atoms with van der Waals surface area (Å²) < 4.78 is 0. The van der Waals surface area contributed by atoms with Crippen molar-refractivity contribution >= 4 is 10.9 Å². The zero-order chi connectivity index (χ0) is 15.4. The van der Waals surface area contributed by atoms with Crippen LogP contribution in [-0.2, 0) is 6.42 Å². The molecule has 1 N–H and O–H groups in total. The number of nitrogens with one attached hydrogen (secondary N) is 1. The molecule has 0 amide bonds. The number of benzene rings is 1.